The van der Waals surface area contributed by atoms with Crippen LogP contribution in [0.3, 0.4) is 0 Å². The van der Waals surface area contributed by atoms with Crippen LogP contribution >= 0.6 is 68.0 Å². The van der Waals surface area contributed by atoms with Crippen LogP contribution in [0.1, 0.15) is 30.5 Å². The summed E-state index contributed by atoms with van der Waals surface area (Å²) in [6.45, 7) is 0. The SMILES string of the molecule is O=C(O)c1ccc(-c2cc(C3=C(c4cc(-c5cccs5)sc4-c4ccc(C(=O)O)s4)C(F)(F)C(F)(F)C3(F)F)c(-c3cccs3)s2)s1. The number of halogens is 6. The molecule has 1 aliphatic rings. The molecule has 6 aromatic heterocycles. The summed E-state index contributed by atoms with van der Waals surface area (Å²) in [5, 5.41) is 22.2. The van der Waals surface area contributed by atoms with Gasteiger partial charge in [-0.25, -0.2) is 9.59 Å². The van der Waals surface area contributed by atoms with Gasteiger partial charge < -0.3 is 10.2 Å². The number of carboxylic acid groups (broad SMARTS) is 2. The van der Waals surface area contributed by atoms with E-state index in [4.69, 9.17) is 0 Å². The molecule has 0 saturated heterocycles. The summed E-state index contributed by atoms with van der Waals surface area (Å²) in [6, 6.07) is 14.1. The summed E-state index contributed by atoms with van der Waals surface area (Å²) in [6.07, 6.45) is 0. The molecule has 0 radical (unpaired) electrons. The van der Waals surface area contributed by atoms with Crippen LogP contribution in [0.25, 0.3) is 50.2 Å². The Morgan fingerprint density at radius 1 is 0.532 bits per heavy atom. The standard InChI is InChI=1S/C31H14F6O4S6/c32-29(33)23(13-12-22(16-5-7-19(44-16)27(38)39)47-25(13)17-4-2-10-43-17)24(30(34,35)31(29,36)37)14-11-21(15-3-1-9-42-15)46-26(14)18-6-8-20(45-18)28(40)41/h1-12H,(H,38,39)(H,40,41). The third-order valence-electron chi connectivity index (χ3n) is 7.28. The lowest BCUT2D eigenvalue weighted by atomic mass is 9.94. The van der Waals surface area contributed by atoms with E-state index in [2.05, 4.69) is 0 Å². The number of rotatable bonds is 8. The second-order valence-electron chi connectivity index (χ2n) is 10.1. The summed E-state index contributed by atoms with van der Waals surface area (Å²) < 4.78 is 95.6. The highest BCUT2D eigenvalue weighted by molar-refractivity contribution is 7.27. The van der Waals surface area contributed by atoms with Gasteiger partial charge in [-0.1, -0.05) is 12.1 Å². The third kappa shape index (κ3) is 4.95. The number of alkyl halides is 6. The summed E-state index contributed by atoms with van der Waals surface area (Å²) >= 11 is 5.68. The van der Waals surface area contributed by atoms with E-state index in [1.165, 1.54) is 41.7 Å². The van der Waals surface area contributed by atoms with Gasteiger partial charge in [0.25, 0.3) is 0 Å². The van der Waals surface area contributed by atoms with E-state index in [9.17, 15) is 19.8 Å². The van der Waals surface area contributed by atoms with Gasteiger partial charge in [0.05, 0.1) is 9.75 Å². The molecule has 6 aromatic rings. The molecule has 0 aromatic carbocycles. The number of thiophene rings is 6. The van der Waals surface area contributed by atoms with Crippen LogP contribution in [0.2, 0.25) is 0 Å². The third-order valence-corrected chi connectivity index (χ3v) is 14.2. The van der Waals surface area contributed by atoms with Gasteiger partial charge >= 0.3 is 29.7 Å². The number of hydrogen-bond acceptors (Lipinski definition) is 8. The van der Waals surface area contributed by atoms with E-state index >= 15 is 26.3 Å². The van der Waals surface area contributed by atoms with Crippen molar-refractivity contribution in [3.63, 3.8) is 0 Å². The van der Waals surface area contributed by atoms with Crippen LogP contribution in [0, 0.1) is 0 Å². The Bertz CT molecular complexity index is 2200. The molecule has 240 valence electrons. The predicted octanol–water partition coefficient (Wildman–Crippen LogP) is 12.0. The molecule has 16 heteroatoms. The molecule has 0 aliphatic heterocycles. The lowest BCUT2D eigenvalue weighted by molar-refractivity contribution is -0.254. The smallest absolute Gasteiger partial charge is 0.380 e. The maximum atomic E-state index is 16.2. The van der Waals surface area contributed by atoms with Crippen LogP contribution in [0.5, 0.6) is 0 Å². The van der Waals surface area contributed by atoms with E-state index in [1.807, 2.05) is 0 Å². The molecule has 1 aliphatic carbocycles. The number of allylic oxidation sites excluding steroid dienone is 2. The highest BCUT2D eigenvalue weighted by atomic mass is 32.1. The zero-order valence-corrected chi connectivity index (χ0v) is 27.8. The zero-order chi connectivity index (χ0) is 33.5. The molecule has 7 rings (SSSR count). The van der Waals surface area contributed by atoms with Gasteiger partial charge in [0, 0.05) is 51.5 Å². The zero-order valence-electron chi connectivity index (χ0n) is 22.9. The van der Waals surface area contributed by atoms with E-state index in [0.717, 1.165) is 51.4 Å². The number of aromatic carboxylic acids is 2. The van der Waals surface area contributed by atoms with Crippen molar-refractivity contribution >= 4 is 91.1 Å². The number of hydrogen-bond donors (Lipinski definition) is 2. The quantitative estimate of drug-likeness (QED) is 0.152. The van der Waals surface area contributed by atoms with Crippen molar-refractivity contribution < 1.29 is 46.1 Å². The minimum Gasteiger partial charge on any atom is -0.477 e. The van der Waals surface area contributed by atoms with E-state index in [-0.39, 0.29) is 29.3 Å². The van der Waals surface area contributed by atoms with Crippen molar-refractivity contribution in [2.45, 2.75) is 17.8 Å². The molecule has 0 bridgehead atoms. The van der Waals surface area contributed by atoms with Gasteiger partial charge in [0.15, 0.2) is 0 Å². The molecule has 0 fully saturated rings. The Balaban J connectivity index is 1.56. The minimum atomic E-state index is -5.83. The Morgan fingerprint density at radius 2 is 0.979 bits per heavy atom. The van der Waals surface area contributed by atoms with Crippen LogP contribution in [0.15, 0.2) is 71.4 Å². The van der Waals surface area contributed by atoms with Gasteiger partial charge in [-0.15, -0.1) is 68.0 Å². The Labute approximate surface area is 284 Å². The van der Waals surface area contributed by atoms with Crippen molar-refractivity contribution in [2.75, 3.05) is 0 Å². The maximum absolute atomic E-state index is 16.2. The Morgan fingerprint density at radius 3 is 1.45 bits per heavy atom. The van der Waals surface area contributed by atoms with Crippen LogP contribution in [-0.4, -0.2) is 39.9 Å². The molecule has 0 amide bonds. The first-order valence-corrected chi connectivity index (χ1v) is 18.2. The first kappa shape index (κ1) is 32.0. The molecule has 6 heterocycles. The largest absolute Gasteiger partial charge is 0.477 e. The van der Waals surface area contributed by atoms with Crippen LogP contribution < -0.4 is 0 Å². The fourth-order valence-corrected chi connectivity index (χ4v) is 11.1. The predicted molar refractivity (Wildman–Crippen MR) is 177 cm³/mol. The van der Waals surface area contributed by atoms with Crippen molar-refractivity contribution in [2.24, 2.45) is 0 Å². The summed E-state index contributed by atoms with van der Waals surface area (Å²) in [5.41, 5.74) is -4.17. The Hall–Kier alpha value is -3.54. The second-order valence-corrected chi connectivity index (χ2v) is 16.2. The van der Waals surface area contributed by atoms with Gasteiger partial charge in [0.1, 0.15) is 9.75 Å². The van der Waals surface area contributed by atoms with Gasteiger partial charge in [-0.3, -0.25) is 0 Å². The Kier molecular flexibility index (Phi) is 7.68. The minimum absolute atomic E-state index is 0.0421. The second kappa shape index (κ2) is 11.3. The molecular weight excluding hydrogens is 743 g/mol. The number of carboxylic acids is 2. The van der Waals surface area contributed by atoms with Crippen molar-refractivity contribution in [3.05, 3.63) is 92.3 Å². The molecule has 0 saturated carbocycles. The average Bonchev–Trinajstić information content (AvgIpc) is 3.86. The van der Waals surface area contributed by atoms with Gasteiger partial charge in [-0.2, -0.15) is 26.3 Å². The topological polar surface area (TPSA) is 74.6 Å². The monoisotopic (exact) mass is 756 g/mol. The maximum Gasteiger partial charge on any atom is 0.380 e. The fraction of sp³-hybridized carbons (Fsp3) is 0.0968. The lowest BCUT2D eigenvalue weighted by Gasteiger charge is -2.25. The fourth-order valence-electron chi connectivity index (χ4n) is 5.18. The first-order valence-electron chi connectivity index (χ1n) is 13.1. The van der Waals surface area contributed by atoms with Crippen LogP contribution in [-0.2, 0) is 0 Å². The molecule has 0 atom stereocenters. The van der Waals surface area contributed by atoms with Gasteiger partial charge in [-0.05, 0) is 59.3 Å². The average molecular weight is 757 g/mol. The molecule has 4 nitrogen and oxygen atoms in total. The van der Waals surface area contributed by atoms with Crippen molar-refractivity contribution in [1.82, 2.24) is 0 Å². The van der Waals surface area contributed by atoms with Gasteiger partial charge in [0.2, 0.25) is 0 Å². The highest BCUT2D eigenvalue weighted by Gasteiger charge is 2.80. The first-order chi connectivity index (χ1) is 22.2. The van der Waals surface area contributed by atoms with Crippen LogP contribution in [0.4, 0.5) is 26.3 Å². The number of carbonyl (C=O) groups is 2. The van der Waals surface area contributed by atoms with E-state index < -0.39 is 52.0 Å². The van der Waals surface area contributed by atoms with E-state index in [0.29, 0.717) is 30.8 Å². The molecule has 2 N–H and O–H groups in total. The molecule has 0 unspecified atom stereocenters. The normalized spacial score (nSPS) is 16.6. The van der Waals surface area contributed by atoms with E-state index in [1.54, 1.807) is 35.0 Å². The molecular formula is C31H14F6O4S6. The summed E-state index contributed by atoms with van der Waals surface area (Å²) in [5.74, 6) is -19.1. The van der Waals surface area contributed by atoms with Crippen molar-refractivity contribution in [1.29, 1.82) is 0 Å². The summed E-state index contributed by atoms with van der Waals surface area (Å²) in [7, 11) is 0. The highest BCUT2D eigenvalue weighted by Crippen LogP contribution is 2.67. The summed E-state index contributed by atoms with van der Waals surface area (Å²) in [4.78, 5) is 24.9. The molecule has 47 heavy (non-hydrogen) atoms. The lowest BCUT2D eigenvalue weighted by Crippen LogP contribution is -2.48. The van der Waals surface area contributed by atoms with Crippen molar-refractivity contribution in [3.8, 4) is 39.0 Å². The molecule has 0 spiro atoms.